The maximum atomic E-state index is 11.5. The summed E-state index contributed by atoms with van der Waals surface area (Å²) >= 11 is 0. The van der Waals surface area contributed by atoms with Gasteiger partial charge >= 0.3 is 0 Å². The number of carbonyl (C=O) groups excluding carboxylic acids is 1. The first-order chi connectivity index (χ1) is 9.51. The number of carbonyl (C=O) groups is 1. The van der Waals surface area contributed by atoms with Crippen LogP contribution in [-0.2, 0) is 4.79 Å². The summed E-state index contributed by atoms with van der Waals surface area (Å²) in [6, 6.07) is 0. The molecule has 1 fully saturated rings. The molecule has 4 nitrogen and oxygen atoms in total. The Balaban J connectivity index is 2.30. The molecule has 0 saturated carbocycles. The van der Waals surface area contributed by atoms with Gasteiger partial charge in [0.1, 0.15) is 0 Å². The molecule has 20 heavy (non-hydrogen) atoms. The van der Waals surface area contributed by atoms with Crippen LogP contribution >= 0.6 is 0 Å². The molecular weight excluding hydrogens is 250 g/mol. The maximum absolute atomic E-state index is 11.5. The highest BCUT2D eigenvalue weighted by Crippen LogP contribution is 2.22. The van der Waals surface area contributed by atoms with E-state index in [0.717, 1.165) is 25.3 Å². The average molecular weight is 283 g/mol. The van der Waals surface area contributed by atoms with E-state index >= 15 is 0 Å². The predicted octanol–water partition coefficient (Wildman–Crippen LogP) is 2.13. The number of nitrogens with one attached hydrogen (secondary N) is 1. The van der Waals surface area contributed by atoms with E-state index in [0.29, 0.717) is 0 Å². The first-order valence-electron chi connectivity index (χ1n) is 8.23. The summed E-state index contributed by atoms with van der Waals surface area (Å²) in [7, 11) is 1.81. The molecule has 2 unspecified atom stereocenters. The Morgan fingerprint density at radius 3 is 2.75 bits per heavy atom. The average Bonchev–Trinajstić information content (AvgIpc) is 2.64. The number of nitrogens with zero attached hydrogens (tertiary/aromatic N) is 1. The van der Waals surface area contributed by atoms with Crippen molar-refractivity contribution in [2.24, 2.45) is 11.7 Å². The second kappa shape index (κ2) is 8.63. The highest BCUT2D eigenvalue weighted by molar-refractivity contribution is 5.84. The van der Waals surface area contributed by atoms with E-state index in [1.807, 2.05) is 14.0 Å². The number of rotatable bonds is 8. The number of hydrogen-bond donors (Lipinski definition) is 2. The van der Waals surface area contributed by atoms with Crippen molar-refractivity contribution in [3.05, 3.63) is 0 Å². The molecule has 1 rings (SSSR count). The van der Waals surface area contributed by atoms with Crippen molar-refractivity contribution in [1.82, 2.24) is 10.2 Å². The highest BCUT2D eigenvalue weighted by atomic mass is 16.1. The molecule has 118 valence electrons. The van der Waals surface area contributed by atoms with Crippen molar-refractivity contribution >= 4 is 5.91 Å². The van der Waals surface area contributed by atoms with Crippen LogP contribution < -0.4 is 11.1 Å². The summed E-state index contributed by atoms with van der Waals surface area (Å²) in [6.07, 6.45) is 8.58. The number of amides is 1. The second-order valence-electron chi connectivity index (χ2n) is 6.48. The van der Waals surface area contributed by atoms with Crippen LogP contribution in [0, 0.1) is 5.92 Å². The topological polar surface area (TPSA) is 58.4 Å². The summed E-state index contributed by atoms with van der Waals surface area (Å²) in [4.78, 5) is 14.0. The van der Waals surface area contributed by atoms with Crippen LogP contribution in [-0.4, -0.2) is 43.0 Å². The lowest BCUT2D eigenvalue weighted by Gasteiger charge is -2.27. The van der Waals surface area contributed by atoms with Crippen molar-refractivity contribution in [2.75, 3.05) is 26.7 Å². The highest BCUT2D eigenvalue weighted by Gasteiger charge is 2.28. The minimum atomic E-state index is -0.559. The fourth-order valence-corrected chi connectivity index (χ4v) is 3.17. The molecule has 4 heteroatoms. The van der Waals surface area contributed by atoms with Gasteiger partial charge in [0.05, 0.1) is 5.54 Å². The van der Waals surface area contributed by atoms with Gasteiger partial charge in [-0.3, -0.25) is 4.79 Å². The summed E-state index contributed by atoms with van der Waals surface area (Å²) < 4.78 is 0. The van der Waals surface area contributed by atoms with Crippen molar-refractivity contribution in [3.63, 3.8) is 0 Å². The first kappa shape index (κ1) is 17.4. The first-order valence-corrected chi connectivity index (χ1v) is 8.23. The molecule has 1 aliphatic heterocycles. The Hall–Kier alpha value is -0.610. The van der Waals surface area contributed by atoms with Gasteiger partial charge in [-0.25, -0.2) is 0 Å². The van der Waals surface area contributed by atoms with Crippen molar-refractivity contribution in [1.29, 1.82) is 0 Å². The summed E-state index contributed by atoms with van der Waals surface area (Å²) in [5.74, 6) is 0.678. The lowest BCUT2D eigenvalue weighted by Crippen LogP contribution is -2.51. The zero-order valence-corrected chi connectivity index (χ0v) is 13.6. The van der Waals surface area contributed by atoms with Crippen LogP contribution in [0.1, 0.15) is 58.8 Å². The van der Waals surface area contributed by atoms with Gasteiger partial charge in [-0.15, -0.1) is 0 Å². The zero-order chi connectivity index (χ0) is 15.0. The van der Waals surface area contributed by atoms with Crippen molar-refractivity contribution in [3.8, 4) is 0 Å². The molecule has 0 bridgehead atoms. The molecular formula is C16H33N3O. The number of hydrogen-bond acceptors (Lipinski definition) is 3. The van der Waals surface area contributed by atoms with Crippen LogP contribution in [0.2, 0.25) is 0 Å². The Morgan fingerprint density at radius 2 is 2.15 bits per heavy atom. The van der Waals surface area contributed by atoms with E-state index in [1.165, 1.54) is 45.2 Å². The third kappa shape index (κ3) is 5.41. The summed E-state index contributed by atoms with van der Waals surface area (Å²) in [6.45, 7) is 7.70. The Labute approximate surface area is 124 Å². The van der Waals surface area contributed by atoms with Gasteiger partial charge in [-0.2, -0.15) is 0 Å². The van der Waals surface area contributed by atoms with E-state index in [1.54, 1.807) is 0 Å². The predicted molar refractivity (Wildman–Crippen MR) is 84.6 cm³/mol. The molecule has 0 spiro atoms. The fourth-order valence-electron chi connectivity index (χ4n) is 3.17. The molecule has 3 N–H and O–H groups in total. The molecule has 0 aliphatic carbocycles. The smallest absolute Gasteiger partial charge is 0.237 e. The van der Waals surface area contributed by atoms with Gasteiger partial charge in [0.25, 0.3) is 0 Å². The molecule has 0 radical (unpaired) electrons. The largest absolute Gasteiger partial charge is 0.368 e. The van der Waals surface area contributed by atoms with Gasteiger partial charge in [-0.1, -0.05) is 19.8 Å². The normalized spacial score (nSPS) is 24.1. The maximum Gasteiger partial charge on any atom is 0.237 e. The van der Waals surface area contributed by atoms with Gasteiger partial charge in [0.15, 0.2) is 0 Å². The monoisotopic (exact) mass is 283 g/mol. The quantitative estimate of drug-likeness (QED) is 0.717. The molecule has 1 aliphatic rings. The molecule has 0 aromatic heterocycles. The molecule has 1 saturated heterocycles. The van der Waals surface area contributed by atoms with Crippen molar-refractivity contribution < 1.29 is 4.79 Å². The molecule has 1 heterocycles. The minimum Gasteiger partial charge on any atom is -0.368 e. The molecule has 0 aromatic rings. The fraction of sp³-hybridized carbons (Fsp3) is 0.938. The van der Waals surface area contributed by atoms with Crippen molar-refractivity contribution in [2.45, 2.75) is 64.3 Å². The van der Waals surface area contributed by atoms with Crippen LogP contribution in [0.3, 0.4) is 0 Å². The lowest BCUT2D eigenvalue weighted by atomic mass is 9.95. The van der Waals surface area contributed by atoms with E-state index in [2.05, 4.69) is 17.1 Å². The van der Waals surface area contributed by atoms with Gasteiger partial charge in [-0.05, 0) is 71.6 Å². The van der Waals surface area contributed by atoms with Crippen LogP contribution in [0.25, 0.3) is 0 Å². The van der Waals surface area contributed by atoms with E-state index < -0.39 is 5.54 Å². The van der Waals surface area contributed by atoms with Crippen LogP contribution in [0.5, 0.6) is 0 Å². The van der Waals surface area contributed by atoms with Gasteiger partial charge < -0.3 is 16.0 Å². The molecule has 0 aromatic carbocycles. The van der Waals surface area contributed by atoms with E-state index in [4.69, 9.17) is 5.73 Å². The van der Waals surface area contributed by atoms with E-state index in [9.17, 15) is 4.79 Å². The van der Waals surface area contributed by atoms with E-state index in [-0.39, 0.29) is 5.91 Å². The molecule has 2 atom stereocenters. The van der Waals surface area contributed by atoms with Crippen LogP contribution in [0.4, 0.5) is 0 Å². The van der Waals surface area contributed by atoms with Crippen LogP contribution in [0.15, 0.2) is 0 Å². The van der Waals surface area contributed by atoms with Gasteiger partial charge in [0, 0.05) is 0 Å². The Morgan fingerprint density at radius 1 is 1.40 bits per heavy atom. The number of primary amides is 1. The number of likely N-dealkylation sites (tertiary alicyclic amines) is 1. The lowest BCUT2D eigenvalue weighted by molar-refractivity contribution is -0.123. The number of likely N-dealkylation sites (N-methyl/N-ethyl adjacent to an activating group) is 1. The third-order valence-electron chi connectivity index (χ3n) is 4.88. The second-order valence-corrected chi connectivity index (χ2v) is 6.48. The molecule has 1 amide bonds. The number of nitrogens with two attached hydrogens (primary N) is 1. The minimum absolute atomic E-state index is 0.251. The summed E-state index contributed by atoms with van der Waals surface area (Å²) in [5, 5.41) is 3.06. The zero-order valence-electron chi connectivity index (χ0n) is 13.6. The summed E-state index contributed by atoms with van der Waals surface area (Å²) in [5.41, 5.74) is 4.90. The standard InChI is InChI=1S/C16H33N3O/c1-4-7-14-8-5-11-19(13-9-14)12-6-10-16(2,18-3)15(17)20/h14,18H,4-13H2,1-3H3,(H2,17,20). The Kier molecular flexibility index (Phi) is 7.52. The Bertz CT molecular complexity index is 295. The van der Waals surface area contributed by atoms with Gasteiger partial charge in [0.2, 0.25) is 5.91 Å². The third-order valence-corrected chi connectivity index (χ3v) is 4.88. The SMILES string of the molecule is CCCC1CCCN(CCCC(C)(NC)C(N)=O)CC1.